The van der Waals surface area contributed by atoms with Gasteiger partial charge in [0.05, 0.1) is 11.6 Å². The fourth-order valence-corrected chi connectivity index (χ4v) is 6.97. The summed E-state index contributed by atoms with van der Waals surface area (Å²) in [5, 5.41) is 23.5. The number of H-pyrrole nitrogens is 1. The Morgan fingerprint density at radius 2 is 1.78 bits per heavy atom. The van der Waals surface area contributed by atoms with Crippen LogP contribution >= 0.6 is 0 Å². The predicted octanol–water partition coefficient (Wildman–Crippen LogP) is 4.21. The number of aliphatic hydroxyl groups is 1. The number of epoxide rings is 1. The third-order valence-electron chi connectivity index (χ3n) is 9.55. The SMILES string of the molecule is OC(CN1CCC(C2OC2Nc2ccc3[nH]nc(-c4ccncc4)c3c2)C1)C1CCN(c2ccc(-c3ncccn3)cn2)CC1. The maximum Gasteiger partial charge on any atom is 0.160 e. The Morgan fingerprint density at radius 3 is 2.58 bits per heavy atom. The zero-order chi connectivity index (χ0) is 30.2. The van der Waals surface area contributed by atoms with E-state index in [0.29, 0.717) is 17.7 Å². The molecule has 4 atom stereocenters. The van der Waals surface area contributed by atoms with Gasteiger partial charge in [-0.3, -0.25) is 10.1 Å². The van der Waals surface area contributed by atoms with E-state index in [1.807, 2.05) is 36.5 Å². The number of pyridine rings is 2. The first kappa shape index (κ1) is 28.1. The number of aromatic amines is 1. The highest BCUT2D eigenvalue weighted by Crippen LogP contribution is 2.37. The number of ether oxygens (including phenoxy) is 1. The Morgan fingerprint density at radius 1 is 0.933 bits per heavy atom. The molecule has 3 fully saturated rings. The van der Waals surface area contributed by atoms with Gasteiger partial charge in [-0.05, 0) is 80.3 Å². The number of anilines is 2. The van der Waals surface area contributed by atoms with Gasteiger partial charge in [0.2, 0.25) is 0 Å². The van der Waals surface area contributed by atoms with Crippen molar-refractivity contribution in [2.24, 2.45) is 11.8 Å². The lowest BCUT2D eigenvalue weighted by Crippen LogP contribution is -2.42. The summed E-state index contributed by atoms with van der Waals surface area (Å²) in [6, 6.07) is 16.1. The highest BCUT2D eigenvalue weighted by atomic mass is 16.6. The van der Waals surface area contributed by atoms with E-state index in [1.54, 1.807) is 24.8 Å². The number of fused-ring (bicyclic) bond motifs is 1. The number of aromatic nitrogens is 6. The van der Waals surface area contributed by atoms with Crippen LogP contribution in [-0.2, 0) is 4.74 Å². The number of piperidine rings is 1. The molecule has 0 saturated carbocycles. The molecule has 45 heavy (non-hydrogen) atoms. The number of rotatable bonds is 9. The molecule has 1 aromatic carbocycles. The number of hydrogen-bond donors (Lipinski definition) is 3. The molecule has 4 aromatic heterocycles. The molecule has 230 valence electrons. The molecular formula is C34H37N9O2. The van der Waals surface area contributed by atoms with Crippen LogP contribution in [0.3, 0.4) is 0 Å². The summed E-state index contributed by atoms with van der Waals surface area (Å²) in [5.74, 6) is 2.43. The van der Waals surface area contributed by atoms with E-state index < -0.39 is 0 Å². The first-order valence-corrected chi connectivity index (χ1v) is 15.9. The van der Waals surface area contributed by atoms with Gasteiger partial charge in [-0.15, -0.1) is 0 Å². The number of hydrogen-bond acceptors (Lipinski definition) is 10. The van der Waals surface area contributed by atoms with E-state index in [9.17, 15) is 5.11 Å². The molecule has 3 saturated heterocycles. The second kappa shape index (κ2) is 12.2. The third-order valence-corrected chi connectivity index (χ3v) is 9.55. The minimum atomic E-state index is -0.318. The van der Waals surface area contributed by atoms with E-state index in [2.05, 4.69) is 63.4 Å². The molecule has 8 rings (SSSR count). The van der Waals surface area contributed by atoms with Crippen LogP contribution in [0.5, 0.6) is 0 Å². The molecular weight excluding hydrogens is 566 g/mol. The van der Waals surface area contributed by atoms with Crippen molar-refractivity contribution in [2.75, 3.05) is 42.9 Å². The van der Waals surface area contributed by atoms with Gasteiger partial charge in [0.1, 0.15) is 17.6 Å². The zero-order valence-corrected chi connectivity index (χ0v) is 25.0. The van der Waals surface area contributed by atoms with Gasteiger partial charge in [-0.2, -0.15) is 5.10 Å². The van der Waals surface area contributed by atoms with Crippen molar-refractivity contribution in [3.05, 3.63) is 79.5 Å². The van der Waals surface area contributed by atoms with Crippen molar-refractivity contribution in [1.29, 1.82) is 0 Å². The number of nitrogens with one attached hydrogen (secondary N) is 2. The minimum Gasteiger partial charge on any atom is -0.392 e. The average Bonchev–Trinajstić information content (AvgIpc) is 3.48. The normalized spacial score (nSPS) is 23.0. The average molecular weight is 604 g/mol. The maximum absolute atomic E-state index is 11.2. The van der Waals surface area contributed by atoms with Crippen LogP contribution in [0.1, 0.15) is 19.3 Å². The monoisotopic (exact) mass is 603 g/mol. The van der Waals surface area contributed by atoms with E-state index in [4.69, 9.17) is 4.74 Å². The van der Waals surface area contributed by atoms with Crippen LogP contribution < -0.4 is 10.2 Å². The molecule has 0 amide bonds. The fraction of sp³-hybridized carbons (Fsp3) is 0.382. The van der Waals surface area contributed by atoms with Crippen molar-refractivity contribution in [3.63, 3.8) is 0 Å². The molecule has 11 nitrogen and oxygen atoms in total. The maximum atomic E-state index is 11.2. The number of likely N-dealkylation sites (tertiary alicyclic amines) is 1. The number of aliphatic hydroxyl groups excluding tert-OH is 1. The second-order valence-electron chi connectivity index (χ2n) is 12.4. The Bertz CT molecular complexity index is 1730. The summed E-state index contributed by atoms with van der Waals surface area (Å²) >= 11 is 0. The first-order chi connectivity index (χ1) is 22.2. The number of nitrogens with zero attached hydrogens (tertiary/aromatic N) is 7. The summed E-state index contributed by atoms with van der Waals surface area (Å²) in [4.78, 5) is 22.1. The molecule has 3 aliphatic heterocycles. The molecule has 0 bridgehead atoms. The van der Waals surface area contributed by atoms with Gasteiger partial charge in [-0.25, -0.2) is 15.0 Å². The Balaban J connectivity index is 0.804. The van der Waals surface area contributed by atoms with E-state index in [1.165, 1.54) is 0 Å². The standard InChI is InChI=1S/C34H37N9O2/c44-29(22-9-16-43(17-10-22)30-5-2-24(19-38-30)33-36-11-1-12-37-33)21-42-15-8-25(20-42)32-34(45-32)39-26-3-4-28-27(18-26)31(41-40-28)23-6-13-35-14-7-23/h1-7,11-14,18-19,22,25,29,32,34,39,44H,8-10,15-17,20-21H2,(H,40,41). The van der Waals surface area contributed by atoms with Crippen LogP contribution in [0.4, 0.5) is 11.5 Å². The smallest absolute Gasteiger partial charge is 0.160 e. The van der Waals surface area contributed by atoms with E-state index >= 15 is 0 Å². The van der Waals surface area contributed by atoms with E-state index in [0.717, 1.165) is 91.2 Å². The largest absolute Gasteiger partial charge is 0.392 e. The zero-order valence-electron chi connectivity index (χ0n) is 25.0. The number of β-amino-alcohol motifs (C(OH)–C–C–N with tert-alkyl or cyclic N) is 1. The fourth-order valence-electron chi connectivity index (χ4n) is 6.97. The lowest BCUT2D eigenvalue weighted by atomic mass is 9.91. The molecule has 0 aliphatic carbocycles. The molecule has 4 unspecified atom stereocenters. The van der Waals surface area contributed by atoms with Crippen molar-refractivity contribution < 1.29 is 9.84 Å². The van der Waals surface area contributed by atoms with Crippen LogP contribution in [0, 0.1) is 11.8 Å². The minimum absolute atomic E-state index is 0.0146. The summed E-state index contributed by atoms with van der Waals surface area (Å²) in [6.45, 7) is 4.50. The third kappa shape index (κ3) is 5.98. The van der Waals surface area contributed by atoms with Crippen molar-refractivity contribution in [2.45, 2.75) is 37.7 Å². The van der Waals surface area contributed by atoms with E-state index in [-0.39, 0.29) is 18.4 Å². The van der Waals surface area contributed by atoms with Gasteiger partial charge in [0.15, 0.2) is 12.1 Å². The van der Waals surface area contributed by atoms with Gasteiger partial charge < -0.3 is 25.0 Å². The molecule has 5 aromatic rings. The Hall–Kier alpha value is -4.45. The van der Waals surface area contributed by atoms with Gasteiger partial charge in [-0.1, -0.05) is 0 Å². The summed E-state index contributed by atoms with van der Waals surface area (Å²) in [6.07, 6.45) is 11.8. The Kier molecular flexibility index (Phi) is 7.57. The molecule has 3 aliphatic rings. The van der Waals surface area contributed by atoms with Crippen LogP contribution in [0.2, 0.25) is 0 Å². The second-order valence-corrected chi connectivity index (χ2v) is 12.4. The summed E-state index contributed by atoms with van der Waals surface area (Å²) in [7, 11) is 0. The first-order valence-electron chi connectivity index (χ1n) is 15.9. The molecule has 11 heteroatoms. The molecule has 7 heterocycles. The van der Waals surface area contributed by atoms with Crippen LogP contribution in [0.15, 0.2) is 79.5 Å². The molecule has 0 radical (unpaired) electrons. The molecule has 0 spiro atoms. The lowest BCUT2D eigenvalue weighted by molar-refractivity contribution is 0.0589. The van der Waals surface area contributed by atoms with Gasteiger partial charge in [0.25, 0.3) is 0 Å². The van der Waals surface area contributed by atoms with Crippen molar-refractivity contribution in [3.8, 4) is 22.6 Å². The number of benzene rings is 1. The predicted molar refractivity (Wildman–Crippen MR) is 172 cm³/mol. The van der Waals surface area contributed by atoms with Gasteiger partial charge in [0, 0.05) is 85.3 Å². The van der Waals surface area contributed by atoms with Gasteiger partial charge >= 0.3 is 0 Å². The summed E-state index contributed by atoms with van der Waals surface area (Å²) < 4.78 is 6.12. The van der Waals surface area contributed by atoms with Crippen molar-refractivity contribution in [1.82, 2.24) is 35.0 Å². The highest BCUT2D eigenvalue weighted by Gasteiger charge is 2.47. The molecule has 3 N–H and O–H groups in total. The van der Waals surface area contributed by atoms with Crippen molar-refractivity contribution >= 4 is 22.4 Å². The van der Waals surface area contributed by atoms with Crippen LogP contribution in [-0.4, -0.2) is 91.3 Å². The topological polar surface area (TPSA) is 132 Å². The summed E-state index contributed by atoms with van der Waals surface area (Å²) in [5.41, 5.74) is 4.90. The highest BCUT2D eigenvalue weighted by molar-refractivity contribution is 5.94. The quantitative estimate of drug-likeness (QED) is 0.211. The van der Waals surface area contributed by atoms with Crippen LogP contribution in [0.25, 0.3) is 33.5 Å². The lowest BCUT2D eigenvalue weighted by Gasteiger charge is -2.36. The Labute approximate surface area is 261 Å².